The molecule has 32 heavy (non-hydrogen) atoms. The summed E-state index contributed by atoms with van der Waals surface area (Å²) in [6.45, 7) is 9.02. The summed E-state index contributed by atoms with van der Waals surface area (Å²) in [5.41, 5.74) is 0.645. The molecule has 2 aliphatic heterocycles. The first-order valence-corrected chi connectivity index (χ1v) is 11.7. The van der Waals surface area contributed by atoms with E-state index in [0.717, 1.165) is 32.1 Å². The Labute approximate surface area is 195 Å². The van der Waals surface area contributed by atoms with Gasteiger partial charge in [0.25, 0.3) is 0 Å². The van der Waals surface area contributed by atoms with Crippen molar-refractivity contribution >= 4 is 35.1 Å². The summed E-state index contributed by atoms with van der Waals surface area (Å²) >= 11 is 6.62. The Morgan fingerprint density at radius 3 is 2.75 bits per heavy atom. The zero-order valence-electron chi connectivity index (χ0n) is 18.0. The van der Waals surface area contributed by atoms with Gasteiger partial charge in [0.05, 0.1) is 5.69 Å². The fraction of sp³-hybridized carbons (Fsp3) is 0.500. The minimum absolute atomic E-state index is 0.193. The lowest BCUT2D eigenvalue weighted by atomic mass is 9.93. The third kappa shape index (κ3) is 5.11. The van der Waals surface area contributed by atoms with Crippen molar-refractivity contribution in [2.45, 2.75) is 31.6 Å². The summed E-state index contributed by atoms with van der Waals surface area (Å²) in [5, 5.41) is 9.91. The third-order valence-corrected chi connectivity index (χ3v) is 7.35. The van der Waals surface area contributed by atoms with E-state index in [0.29, 0.717) is 46.5 Å². The number of pyridine rings is 1. The number of benzene rings is 1. The molecule has 2 aliphatic rings. The van der Waals surface area contributed by atoms with E-state index in [9.17, 15) is 18.4 Å². The van der Waals surface area contributed by atoms with Crippen molar-refractivity contribution in [2.75, 3.05) is 42.1 Å². The summed E-state index contributed by atoms with van der Waals surface area (Å²) in [7, 11) is 0. The Morgan fingerprint density at radius 2 is 2.06 bits per heavy atom. The molecule has 0 radical (unpaired) electrons. The zero-order chi connectivity index (χ0) is 23.0. The number of nitrogens with zero attached hydrogens (tertiary/aromatic N) is 4. The van der Waals surface area contributed by atoms with Crippen molar-refractivity contribution < 1.29 is 18.4 Å². The normalized spacial score (nSPS) is 20.8. The lowest BCUT2D eigenvalue weighted by molar-refractivity contribution is 0.257. The summed E-state index contributed by atoms with van der Waals surface area (Å²) < 4.78 is 43.5. The van der Waals surface area contributed by atoms with Crippen LogP contribution in [0.5, 0.6) is 0 Å². The number of hydrogen-bond acceptors (Lipinski definition) is 6. The second-order valence-electron chi connectivity index (χ2n) is 9.27. The molecule has 0 aliphatic carbocycles. The second-order valence-corrected chi connectivity index (χ2v) is 10.6. The highest BCUT2D eigenvalue weighted by atomic mass is 35.5. The van der Waals surface area contributed by atoms with Crippen molar-refractivity contribution in [1.29, 1.82) is 0 Å². The van der Waals surface area contributed by atoms with Gasteiger partial charge in [-0.05, 0) is 42.9 Å². The maximum atomic E-state index is 15.0. The van der Waals surface area contributed by atoms with Crippen LogP contribution in [0.3, 0.4) is 0 Å². The Balaban J connectivity index is 1.46. The van der Waals surface area contributed by atoms with Crippen molar-refractivity contribution in [3.05, 3.63) is 46.9 Å². The lowest BCUT2D eigenvalue weighted by Gasteiger charge is -2.24. The predicted octanol–water partition coefficient (Wildman–Crippen LogP) is 5.61. The Bertz CT molecular complexity index is 996. The van der Waals surface area contributed by atoms with Crippen LogP contribution in [-0.2, 0) is 0 Å². The first-order chi connectivity index (χ1) is 15.1. The lowest BCUT2D eigenvalue weighted by Crippen LogP contribution is -2.31. The zero-order valence-corrected chi connectivity index (χ0v) is 19.6. The van der Waals surface area contributed by atoms with Gasteiger partial charge in [-0.2, -0.15) is 13.8 Å². The molecule has 1 unspecified atom stereocenters. The molecule has 1 N–H and O–H groups in total. The van der Waals surface area contributed by atoms with E-state index in [1.807, 2.05) is 4.90 Å². The molecule has 0 bridgehead atoms. The molecule has 2 fully saturated rings. The highest BCUT2D eigenvalue weighted by Gasteiger charge is 2.33. The number of rotatable bonds is 6. The molecule has 2 aromatic rings. The average molecular weight is 487 g/mol. The van der Waals surface area contributed by atoms with Gasteiger partial charge in [0.2, 0.25) is 5.95 Å². The third-order valence-electron chi connectivity index (χ3n) is 6.07. The summed E-state index contributed by atoms with van der Waals surface area (Å²) in [6.07, 6.45) is 2.11. The molecule has 1 atom stereocenters. The molecule has 0 amide bonds. The molecule has 10 heteroatoms. The highest BCUT2D eigenvalue weighted by molar-refractivity contribution is 8.00. The van der Waals surface area contributed by atoms with Crippen LogP contribution in [0.2, 0.25) is 5.02 Å². The van der Waals surface area contributed by atoms with Crippen molar-refractivity contribution in [3.63, 3.8) is 0 Å². The predicted molar refractivity (Wildman–Crippen MR) is 121 cm³/mol. The number of anilines is 2. The largest absolute Gasteiger partial charge is 0.370 e. The van der Waals surface area contributed by atoms with Crippen LogP contribution in [0.25, 0.3) is 0 Å². The van der Waals surface area contributed by atoms with Gasteiger partial charge >= 0.3 is 0 Å². The standard InChI is InChI=1S/C22H26ClF3N4OS/c1-22(2)7-9-28(13-22)11-14-6-8-29(12-14)16-10-15(24)21(20(26)19(16)23)32-30(31)18-5-3-4-17(25)27-18/h3-5,10,14,31H,6-9,11-13H2,1-2H3. The maximum Gasteiger partial charge on any atom is 0.214 e. The van der Waals surface area contributed by atoms with Crippen molar-refractivity contribution in [1.82, 2.24) is 9.88 Å². The van der Waals surface area contributed by atoms with Gasteiger partial charge in [-0.1, -0.05) is 31.5 Å². The first-order valence-electron chi connectivity index (χ1n) is 10.6. The molecule has 1 aromatic carbocycles. The number of aromatic nitrogens is 1. The summed E-state index contributed by atoms with van der Waals surface area (Å²) in [5.74, 6) is -2.43. The quantitative estimate of drug-likeness (QED) is 0.248. The van der Waals surface area contributed by atoms with E-state index >= 15 is 0 Å². The monoisotopic (exact) mass is 486 g/mol. The van der Waals surface area contributed by atoms with Gasteiger partial charge in [-0.15, -0.1) is 0 Å². The van der Waals surface area contributed by atoms with Gasteiger partial charge in [0.15, 0.2) is 11.6 Å². The molecule has 1 aromatic heterocycles. The van der Waals surface area contributed by atoms with Gasteiger partial charge in [0, 0.05) is 44.2 Å². The van der Waals surface area contributed by atoms with Crippen LogP contribution in [0.15, 0.2) is 29.2 Å². The van der Waals surface area contributed by atoms with Crippen LogP contribution >= 0.6 is 23.5 Å². The molecule has 2 saturated heterocycles. The van der Waals surface area contributed by atoms with E-state index in [1.165, 1.54) is 24.6 Å². The van der Waals surface area contributed by atoms with E-state index < -0.39 is 22.5 Å². The van der Waals surface area contributed by atoms with Crippen molar-refractivity contribution in [2.24, 2.45) is 11.3 Å². The summed E-state index contributed by atoms with van der Waals surface area (Å²) in [6, 6.07) is 4.94. The van der Waals surface area contributed by atoms with Crippen LogP contribution < -0.4 is 9.37 Å². The van der Waals surface area contributed by atoms with Gasteiger partial charge in [-0.25, -0.2) is 8.78 Å². The Morgan fingerprint density at radius 1 is 1.28 bits per heavy atom. The van der Waals surface area contributed by atoms with Crippen molar-refractivity contribution in [3.8, 4) is 0 Å². The van der Waals surface area contributed by atoms with Crippen LogP contribution in [0.4, 0.5) is 24.7 Å². The fourth-order valence-electron chi connectivity index (χ4n) is 4.46. The van der Waals surface area contributed by atoms with E-state index in [4.69, 9.17) is 11.6 Å². The fourth-order valence-corrected chi connectivity index (χ4v) is 5.48. The molecule has 3 heterocycles. The van der Waals surface area contributed by atoms with Crippen LogP contribution in [0, 0.1) is 28.9 Å². The van der Waals surface area contributed by atoms with Gasteiger partial charge in [-0.3, -0.25) is 5.21 Å². The molecular weight excluding hydrogens is 461 g/mol. The minimum atomic E-state index is -0.966. The molecule has 0 spiro atoms. The number of hydrogen-bond donors (Lipinski definition) is 1. The number of likely N-dealkylation sites (tertiary alicyclic amines) is 1. The highest BCUT2D eigenvalue weighted by Crippen LogP contribution is 2.40. The van der Waals surface area contributed by atoms with Gasteiger partial charge < -0.3 is 9.80 Å². The Hall–Kier alpha value is -1.68. The number of halogens is 4. The molecule has 0 saturated carbocycles. The topological polar surface area (TPSA) is 42.8 Å². The molecule has 4 rings (SSSR count). The average Bonchev–Trinajstić information content (AvgIpc) is 3.33. The van der Waals surface area contributed by atoms with Gasteiger partial charge in [0.1, 0.15) is 15.7 Å². The van der Waals surface area contributed by atoms with E-state index in [1.54, 1.807) is 0 Å². The van der Waals surface area contributed by atoms with Crippen LogP contribution in [0.1, 0.15) is 26.7 Å². The Kier molecular flexibility index (Phi) is 6.81. The first kappa shape index (κ1) is 23.5. The SMILES string of the molecule is CC1(C)CCN(CC2CCN(c3cc(F)c(SN(O)c4cccc(F)n4)c(F)c3Cl)C2)C1. The smallest absolute Gasteiger partial charge is 0.214 e. The molecular formula is C22H26ClF3N4OS. The van der Waals surface area contributed by atoms with E-state index in [2.05, 4.69) is 23.7 Å². The summed E-state index contributed by atoms with van der Waals surface area (Å²) in [4.78, 5) is 7.39. The maximum absolute atomic E-state index is 15.0. The second kappa shape index (κ2) is 9.29. The van der Waals surface area contributed by atoms with E-state index in [-0.39, 0.29) is 10.8 Å². The minimum Gasteiger partial charge on any atom is -0.370 e. The molecule has 5 nitrogen and oxygen atoms in total. The van der Waals surface area contributed by atoms with Crippen LogP contribution in [-0.4, -0.2) is 47.8 Å². The molecule has 174 valence electrons.